The van der Waals surface area contributed by atoms with Crippen molar-refractivity contribution in [2.45, 2.75) is 39.7 Å². The first-order valence-electron chi connectivity index (χ1n) is 6.70. The molecule has 0 spiro atoms. The molecule has 0 aliphatic rings. The minimum absolute atomic E-state index is 0.0984. The van der Waals surface area contributed by atoms with E-state index in [1.165, 1.54) is 6.07 Å². The summed E-state index contributed by atoms with van der Waals surface area (Å²) in [6.07, 6.45) is 1.68. The lowest BCUT2D eigenvalue weighted by atomic mass is 9.94. The largest absolute Gasteiger partial charge is 0.483 e. The number of aryl methyl sites for hydroxylation is 1. The molecular weight excluding hydrogens is 270 g/mol. The zero-order chi connectivity index (χ0) is 15.6. The maximum atomic E-state index is 11.2. The molecule has 0 unspecified atom stereocenters. The molecule has 2 rings (SSSR count). The Kier molecular flexibility index (Phi) is 4.02. The first-order chi connectivity index (χ1) is 9.79. The van der Waals surface area contributed by atoms with Crippen molar-refractivity contribution in [3.05, 3.63) is 47.2 Å². The van der Waals surface area contributed by atoms with Gasteiger partial charge in [-0.05, 0) is 18.6 Å². The topological polar surface area (TPSA) is 72.6 Å². The van der Waals surface area contributed by atoms with E-state index < -0.39 is 5.97 Å². The highest BCUT2D eigenvalue weighted by molar-refractivity contribution is 5.91. The fraction of sp³-hybridized carbons (Fsp3) is 0.375. The fourth-order valence-electron chi connectivity index (χ4n) is 1.87. The highest BCUT2D eigenvalue weighted by Crippen LogP contribution is 2.26. The molecule has 1 aromatic heterocycles. The van der Waals surface area contributed by atoms with Crippen LogP contribution in [0.25, 0.3) is 0 Å². The molecule has 0 fully saturated rings. The SMILES string of the molecule is Cc1cccc(C(=O)O)c1OCc1ncc(C(C)(C)C)o1. The number of para-hydroxylation sites is 1. The van der Waals surface area contributed by atoms with Gasteiger partial charge in [-0.25, -0.2) is 9.78 Å². The summed E-state index contributed by atoms with van der Waals surface area (Å²) in [5, 5.41) is 9.18. The summed E-state index contributed by atoms with van der Waals surface area (Å²) in [6.45, 7) is 7.99. The van der Waals surface area contributed by atoms with Gasteiger partial charge in [-0.15, -0.1) is 0 Å². The Labute approximate surface area is 123 Å². The molecule has 1 N–H and O–H groups in total. The van der Waals surface area contributed by atoms with Gasteiger partial charge in [0.05, 0.1) is 6.20 Å². The van der Waals surface area contributed by atoms with Crippen LogP contribution in [-0.4, -0.2) is 16.1 Å². The van der Waals surface area contributed by atoms with Crippen molar-refractivity contribution >= 4 is 5.97 Å². The van der Waals surface area contributed by atoms with Crippen LogP contribution in [0.3, 0.4) is 0 Å². The van der Waals surface area contributed by atoms with Crippen LogP contribution >= 0.6 is 0 Å². The van der Waals surface area contributed by atoms with E-state index in [1.807, 2.05) is 20.8 Å². The number of oxazole rings is 1. The van der Waals surface area contributed by atoms with E-state index in [0.29, 0.717) is 11.6 Å². The molecule has 21 heavy (non-hydrogen) atoms. The van der Waals surface area contributed by atoms with Gasteiger partial charge in [0.1, 0.15) is 17.1 Å². The summed E-state index contributed by atoms with van der Waals surface area (Å²) in [5.41, 5.74) is 0.773. The van der Waals surface area contributed by atoms with Gasteiger partial charge >= 0.3 is 5.97 Å². The Hall–Kier alpha value is -2.30. The Morgan fingerprint density at radius 3 is 2.67 bits per heavy atom. The van der Waals surface area contributed by atoms with E-state index >= 15 is 0 Å². The van der Waals surface area contributed by atoms with Crippen molar-refractivity contribution < 1.29 is 19.1 Å². The standard InChI is InChI=1S/C16H19NO4/c1-10-6-5-7-11(15(18)19)14(10)20-9-13-17-8-12(21-13)16(2,3)4/h5-8H,9H2,1-4H3,(H,18,19). The second kappa shape index (κ2) is 5.60. The highest BCUT2D eigenvalue weighted by atomic mass is 16.5. The summed E-state index contributed by atoms with van der Waals surface area (Å²) < 4.78 is 11.2. The molecular formula is C16H19NO4. The Morgan fingerprint density at radius 1 is 1.38 bits per heavy atom. The molecule has 1 heterocycles. The van der Waals surface area contributed by atoms with Crippen molar-refractivity contribution in [2.75, 3.05) is 0 Å². The number of carboxylic acid groups (broad SMARTS) is 1. The van der Waals surface area contributed by atoms with Gasteiger partial charge in [0.15, 0.2) is 6.61 Å². The van der Waals surface area contributed by atoms with Crippen LogP contribution in [0.15, 0.2) is 28.8 Å². The van der Waals surface area contributed by atoms with E-state index in [-0.39, 0.29) is 17.6 Å². The molecule has 0 aliphatic heterocycles. The van der Waals surface area contributed by atoms with Crippen LogP contribution in [-0.2, 0) is 12.0 Å². The van der Waals surface area contributed by atoms with E-state index in [9.17, 15) is 9.90 Å². The predicted molar refractivity (Wildman–Crippen MR) is 77.7 cm³/mol. The molecule has 0 saturated heterocycles. The van der Waals surface area contributed by atoms with Crippen molar-refractivity contribution in [1.29, 1.82) is 0 Å². The van der Waals surface area contributed by atoms with Gasteiger partial charge in [0.25, 0.3) is 0 Å². The second-order valence-corrected chi connectivity index (χ2v) is 5.91. The Balaban J connectivity index is 2.17. The third kappa shape index (κ3) is 3.42. The van der Waals surface area contributed by atoms with Crippen LogP contribution in [0.1, 0.15) is 48.3 Å². The molecule has 0 bridgehead atoms. The number of carboxylic acids is 1. The van der Waals surface area contributed by atoms with Gasteiger partial charge < -0.3 is 14.3 Å². The quantitative estimate of drug-likeness (QED) is 0.931. The van der Waals surface area contributed by atoms with Crippen molar-refractivity contribution in [1.82, 2.24) is 4.98 Å². The third-order valence-electron chi connectivity index (χ3n) is 3.08. The number of rotatable bonds is 4. The third-order valence-corrected chi connectivity index (χ3v) is 3.08. The van der Waals surface area contributed by atoms with E-state index in [1.54, 1.807) is 25.3 Å². The summed E-state index contributed by atoms with van der Waals surface area (Å²) >= 11 is 0. The molecule has 0 aliphatic carbocycles. The van der Waals surface area contributed by atoms with Crippen LogP contribution in [0.2, 0.25) is 0 Å². The van der Waals surface area contributed by atoms with E-state index in [2.05, 4.69) is 4.98 Å². The molecule has 5 heteroatoms. The smallest absolute Gasteiger partial charge is 0.339 e. The zero-order valence-electron chi connectivity index (χ0n) is 12.6. The zero-order valence-corrected chi connectivity index (χ0v) is 12.6. The molecule has 0 amide bonds. The first-order valence-corrected chi connectivity index (χ1v) is 6.70. The van der Waals surface area contributed by atoms with Crippen LogP contribution in [0, 0.1) is 6.92 Å². The Bertz CT molecular complexity index is 653. The molecule has 5 nitrogen and oxygen atoms in total. The number of benzene rings is 1. The second-order valence-electron chi connectivity index (χ2n) is 5.91. The predicted octanol–water partition coefficient (Wildman–Crippen LogP) is 3.56. The van der Waals surface area contributed by atoms with Gasteiger partial charge in [0.2, 0.25) is 5.89 Å². The summed E-state index contributed by atoms with van der Waals surface area (Å²) in [4.78, 5) is 15.4. The average molecular weight is 289 g/mol. The number of ether oxygens (including phenoxy) is 1. The van der Waals surface area contributed by atoms with Crippen molar-refractivity contribution in [3.8, 4) is 5.75 Å². The normalized spacial score (nSPS) is 11.4. The maximum Gasteiger partial charge on any atom is 0.339 e. The lowest BCUT2D eigenvalue weighted by molar-refractivity contribution is 0.0691. The minimum atomic E-state index is -1.02. The van der Waals surface area contributed by atoms with Crippen molar-refractivity contribution in [3.63, 3.8) is 0 Å². The maximum absolute atomic E-state index is 11.2. The molecule has 0 radical (unpaired) electrons. The lowest BCUT2D eigenvalue weighted by Crippen LogP contribution is -2.09. The molecule has 0 saturated carbocycles. The van der Waals surface area contributed by atoms with Gasteiger partial charge in [-0.1, -0.05) is 32.9 Å². The van der Waals surface area contributed by atoms with Crippen LogP contribution in [0.4, 0.5) is 0 Å². The number of carbonyl (C=O) groups is 1. The van der Waals surface area contributed by atoms with Crippen LogP contribution in [0.5, 0.6) is 5.75 Å². The monoisotopic (exact) mass is 289 g/mol. The molecule has 112 valence electrons. The van der Waals surface area contributed by atoms with Crippen molar-refractivity contribution in [2.24, 2.45) is 0 Å². The first kappa shape index (κ1) is 15.1. The summed E-state index contributed by atoms with van der Waals surface area (Å²) in [5.74, 6) is 0.529. The molecule has 2 aromatic rings. The van der Waals surface area contributed by atoms with Gasteiger partial charge in [-0.2, -0.15) is 0 Å². The summed E-state index contributed by atoms with van der Waals surface area (Å²) in [7, 11) is 0. The highest BCUT2D eigenvalue weighted by Gasteiger charge is 2.20. The Morgan fingerprint density at radius 2 is 2.10 bits per heavy atom. The number of hydrogen-bond donors (Lipinski definition) is 1. The number of aromatic carboxylic acids is 1. The van der Waals surface area contributed by atoms with E-state index in [0.717, 1.165) is 11.3 Å². The number of aromatic nitrogens is 1. The van der Waals surface area contributed by atoms with Gasteiger partial charge in [0, 0.05) is 5.41 Å². The van der Waals surface area contributed by atoms with Crippen LogP contribution < -0.4 is 4.74 Å². The number of hydrogen-bond acceptors (Lipinski definition) is 4. The van der Waals surface area contributed by atoms with Gasteiger partial charge in [-0.3, -0.25) is 0 Å². The molecule has 0 atom stereocenters. The average Bonchev–Trinajstić information content (AvgIpc) is 2.85. The lowest BCUT2D eigenvalue weighted by Gasteiger charge is -2.13. The summed E-state index contributed by atoms with van der Waals surface area (Å²) in [6, 6.07) is 5.01. The van der Waals surface area contributed by atoms with E-state index in [4.69, 9.17) is 9.15 Å². The fourth-order valence-corrected chi connectivity index (χ4v) is 1.87. The number of nitrogens with zero attached hydrogens (tertiary/aromatic N) is 1. The minimum Gasteiger partial charge on any atom is -0.483 e. The molecule has 1 aromatic carbocycles.